The fraction of sp³-hybridized carbons (Fsp3) is 0.588. The summed E-state index contributed by atoms with van der Waals surface area (Å²) in [7, 11) is 1.75. The SMILES string of the molecule is CO[C@H]1[C@H](NC(=O)CCN)c2ccccc2C12CCNCC2. The van der Waals surface area contributed by atoms with Gasteiger partial charge in [-0.25, -0.2) is 0 Å². The van der Waals surface area contributed by atoms with Gasteiger partial charge in [0.1, 0.15) is 0 Å². The summed E-state index contributed by atoms with van der Waals surface area (Å²) in [6.45, 7) is 2.34. The number of hydrogen-bond acceptors (Lipinski definition) is 4. The summed E-state index contributed by atoms with van der Waals surface area (Å²) in [5, 5.41) is 6.57. The van der Waals surface area contributed by atoms with E-state index in [4.69, 9.17) is 10.5 Å². The summed E-state index contributed by atoms with van der Waals surface area (Å²) in [4.78, 5) is 12.1. The molecular weight excluding hydrogens is 278 g/mol. The molecule has 0 bridgehead atoms. The Morgan fingerprint density at radius 2 is 2.14 bits per heavy atom. The summed E-state index contributed by atoms with van der Waals surface area (Å²) in [5.41, 5.74) is 8.03. The van der Waals surface area contributed by atoms with Crippen molar-refractivity contribution in [2.45, 2.75) is 36.8 Å². The second-order valence-corrected chi connectivity index (χ2v) is 6.23. The number of fused-ring (bicyclic) bond motifs is 2. The van der Waals surface area contributed by atoms with Crippen molar-refractivity contribution < 1.29 is 9.53 Å². The smallest absolute Gasteiger partial charge is 0.221 e. The molecule has 3 rings (SSSR count). The molecule has 1 aromatic carbocycles. The number of piperidine rings is 1. The number of hydrogen-bond donors (Lipinski definition) is 3. The van der Waals surface area contributed by atoms with Gasteiger partial charge in [-0.2, -0.15) is 0 Å². The molecule has 0 radical (unpaired) electrons. The number of ether oxygens (including phenoxy) is 1. The Hall–Kier alpha value is -1.43. The molecule has 0 saturated carbocycles. The number of methoxy groups -OCH3 is 1. The monoisotopic (exact) mass is 303 g/mol. The lowest BCUT2D eigenvalue weighted by Gasteiger charge is -2.40. The lowest BCUT2D eigenvalue weighted by molar-refractivity contribution is -0.123. The molecule has 1 aromatic rings. The van der Waals surface area contributed by atoms with Gasteiger partial charge in [-0.05, 0) is 37.1 Å². The molecule has 0 aromatic heterocycles. The van der Waals surface area contributed by atoms with Crippen LogP contribution in [0.4, 0.5) is 0 Å². The number of carbonyl (C=O) groups is 1. The highest BCUT2D eigenvalue weighted by atomic mass is 16.5. The van der Waals surface area contributed by atoms with Gasteiger partial charge in [0, 0.05) is 25.5 Å². The van der Waals surface area contributed by atoms with Gasteiger partial charge >= 0.3 is 0 Å². The van der Waals surface area contributed by atoms with Crippen molar-refractivity contribution in [2.75, 3.05) is 26.7 Å². The van der Waals surface area contributed by atoms with Crippen LogP contribution in [0.2, 0.25) is 0 Å². The molecule has 5 heteroatoms. The lowest BCUT2D eigenvalue weighted by atomic mass is 9.72. The van der Waals surface area contributed by atoms with E-state index in [0.717, 1.165) is 25.9 Å². The van der Waals surface area contributed by atoms with E-state index >= 15 is 0 Å². The van der Waals surface area contributed by atoms with Gasteiger partial charge in [0.05, 0.1) is 12.1 Å². The van der Waals surface area contributed by atoms with Crippen LogP contribution in [0, 0.1) is 0 Å². The molecule has 1 saturated heterocycles. The van der Waals surface area contributed by atoms with E-state index in [0.29, 0.717) is 13.0 Å². The van der Waals surface area contributed by atoms with Gasteiger partial charge < -0.3 is 21.1 Å². The highest BCUT2D eigenvalue weighted by molar-refractivity contribution is 5.77. The topological polar surface area (TPSA) is 76.4 Å². The third-order valence-electron chi connectivity index (χ3n) is 5.12. The zero-order valence-electron chi connectivity index (χ0n) is 13.1. The van der Waals surface area contributed by atoms with Gasteiger partial charge in [-0.15, -0.1) is 0 Å². The quantitative estimate of drug-likeness (QED) is 0.770. The van der Waals surface area contributed by atoms with E-state index in [2.05, 4.69) is 28.8 Å². The third-order valence-corrected chi connectivity index (χ3v) is 5.12. The van der Waals surface area contributed by atoms with Crippen LogP contribution in [-0.2, 0) is 14.9 Å². The average molecular weight is 303 g/mol. The summed E-state index contributed by atoms with van der Waals surface area (Å²) in [6.07, 6.45) is 2.40. The number of rotatable bonds is 4. The Bertz CT molecular complexity index is 540. The highest BCUT2D eigenvalue weighted by Crippen LogP contribution is 2.51. The largest absolute Gasteiger partial charge is 0.378 e. The van der Waals surface area contributed by atoms with Crippen molar-refractivity contribution in [3.63, 3.8) is 0 Å². The van der Waals surface area contributed by atoms with Crippen molar-refractivity contribution in [3.05, 3.63) is 35.4 Å². The van der Waals surface area contributed by atoms with Crippen LogP contribution in [0.1, 0.15) is 36.4 Å². The molecule has 1 fully saturated rings. The van der Waals surface area contributed by atoms with Gasteiger partial charge in [-0.1, -0.05) is 24.3 Å². The minimum atomic E-state index is -0.0849. The van der Waals surface area contributed by atoms with Gasteiger partial charge in [0.25, 0.3) is 0 Å². The number of nitrogens with one attached hydrogen (secondary N) is 2. The maximum Gasteiger partial charge on any atom is 0.221 e. The molecule has 1 aliphatic carbocycles. The maximum absolute atomic E-state index is 12.1. The molecule has 1 aliphatic heterocycles. The predicted molar refractivity (Wildman–Crippen MR) is 85.6 cm³/mol. The van der Waals surface area contributed by atoms with Crippen molar-refractivity contribution in [2.24, 2.45) is 5.73 Å². The fourth-order valence-corrected chi connectivity index (χ4v) is 4.18. The summed E-state index contributed by atoms with van der Waals surface area (Å²) in [6, 6.07) is 8.35. The molecule has 1 heterocycles. The Kier molecular flexibility index (Phi) is 4.47. The van der Waals surface area contributed by atoms with Gasteiger partial charge in [-0.3, -0.25) is 4.79 Å². The number of carbonyl (C=O) groups excluding carboxylic acids is 1. The number of benzene rings is 1. The van der Waals surface area contributed by atoms with E-state index in [1.165, 1.54) is 11.1 Å². The van der Waals surface area contributed by atoms with Crippen molar-refractivity contribution in [3.8, 4) is 0 Å². The van der Waals surface area contributed by atoms with E-state index in [9.17, 15) is 4.79 Å². The standard InChI is InChI=1S/C17H25N3O2/c1-22-16-15(20-14(21)6-9-18)12-4-2-3-5-13(12)17(16)7-10-19-11-8-17/h2-5,15-16,19H,6-11,18H2,1H3,(H,20,21)/t15-,16+/m1/s1. The van der Waals surface area contributed by atoms with Crippen molar-refractivity contribution in [1.29, 1.82) is 0 Å². The predicted octanol–water partition coefficient (Wildman–Crippen LogP) is 0.843. The van der Waals surface area contributed by atoms with Gasteiger partial charge in [0.2, 0.25) is 5.91 Å². The molecule has 5 nitrogen and oxygen atoms in total. The first kappa shape index (κ1) is 15.5. The second-order valence-electron chi connectivity index (χ2n) is 6.23. The first-order valence-electron chi connectivity index (χ1n) is 8.05. The molecular formula is C17H25N3O2. The first-order chi connectivity index (χ1) is 10.7. The van der Waals surface area contributed by atoms with E-state index < -0.39 is 0 Å². The molecule has 22 heavy (non-hydrogen) atoms. The lowest BCUT2D eigenvalue weighted by Crippen LogP contribution is -2.49. The van der Waals surface area contributed by atoms with E-state index in [-0.39, 0.29) is 23.5 Å². The maximum atomic E-state index is 12.1. The second kappa shape index (κ2) is 6.36. The fourth-order valence-electron chi connectivity index (χ4n) is 4.18. The third kappa shape index (κ3) is 2.43. The van der Waals surface area contributed by atoms with Crippen LogP contribution in [0.3, 0.4) is 0 Å². The molecule has 2 atom stereocenters. The molecule has 2 aliphatic rings. The Balaban J connectivity index is 1.98. The Labute approximate surface area is 131 Å². The summed E-state index contributed by atoms with van der Waals surface area (Å²) >= 11 is 0. The zero-order chi connectivity index (χ0) is 15.6. The Morgan fingerprint density at radius 1 is 1.41 bits per heavy atom. The van der Waals surface area contributed by atoms with Crippen LogP contribution in [-0.4, -0.2) is 38.8 Å². The summed E-state index contributed by atoms with van der Waals surface area (Å²) in [5.74, 6) is -0.00432. The first-order valence-corrected chi connectivity index (χ1v) is 8.05. The zero-order valence-corrected chi connectivity index (χ0v) is 13.1. The summed E-state index contributed by atoms with van der Waals surface area (Å²) < 4.78 is 5.90. The molecule has 1 amide bonds. The normalized spacial score (nSPS) is 25.9. The molecule has 4 N–H and O–H groups in total. The van der Waals surface area contributed by atoms with Crippen LogP contribution in [0.25, 0.3) is 0 Å². The van der Waals surface area contributed by atoms with Crippen LogP contribution >= 0.6 is 0 Å². The highest BCUT2D eigenvalue weighted by Gasteiger charge is 2.53. The van der Waals surface area contributed by atoms with Crippen LogP contribution in [0.5, 0.6) is 0 Å². The van der Waals surface area contributed by atoms with Crippen LogP contribution in [0.15, 0.2) is 24.3 Å². The molecule has 1 spiro atoms. The average Bonchev–Trinajstić information content (AvgIpc) is 2.78. The van der Waals surface area contributed by atoms with Gasteiger partial charge in [0.15, 0.2) is 0 Å². The van der Waals surface area contributed by atoms with Crippen LogP contribution < -0.4 is 16.4 Å². The van der Waals surface area contributed by atoms with Crippen molar-refractivity contribution >= 4 is 5.91 Å². The number of amides is 1. The Morgan fingerprint density at radius 3 is 2.82 bits per heavy atom. The van der Waals surface area contributed by atoms with Crippen molar-refractivity contribution in [1.82, 2.24) is 10.6 Å². The molecule has 120 valence electrons. The minimum absolute atomic E-state index is 0.00272. The van der Waals surface area contributed by atoms with E-state index in [1.807, 2.05) is 6.07 Å². The number of nitrogens with two attached hydrogens (primary N) is 1. The molecule has 0 unspecified atom stereocenters. The minimum Gasteiger partial charge on any atom is -0.378 e. The van der Waals surface area contributed by atoms with E-state index in [1.54, 1.807) is 7.11 Å².